The molecule has 26 heavy (non-hydrogen) atoms. The largest absolute Gasteiger partial charge is 0.309 e. The lowest BCUT2D eigenvalue weighted by molar-refractivity contribution is 0.581. The molecule has 0 amide bonds. The zero-order valence-corrected chi connectivity index (χ0v) is 16.1. The van der Waals surface area contributed by atoms with Gasteiger partial charge in [0.05, 0.1) is 5.69 Å². The lowest BCUT2D eigenvalue weighted by Gasteiger charge is -2.08. The number of pyridine rings is 1. The van der Waals surface area contributed by atoms with E-state index in [1.54, 1.807) is 17.8 Å². The van der Waals surface area contributed by atoms with Crippen LogP contribution in [0.5, 0.6) is 0 Å². The Morgan fingerprint density at radius 3 is 2.81 bits per heavy atom. The second-order valence-corrected chi connectivity index (χ2v) is 8.05. The number of hydrogen-bond donors (Lipinski definition) is 2. The maximum Gasteiger partial charge on any atom is 0.242 e. The highest BCUT2D eigenvalue weighted by Crippen LogP contribution is 2.20. The van der Waals surface area contributed by atoms with Crippen LogP contribution < -0.4 is 10.0 Å². The molecule has 9 heteroatoms. The van der Waals surface area contributed by atoms with Crippen LogP contribution in [-0.2, 0) is 36.7 Å². The molecule has 2 aromatic heterocycles. The van der Waals surface area contributed by atoms with Gasteiger partial charge in [-0.05, 0) is 29.7 Å². The van der Waals surface area contributed by atoms with Crippen LogP contribution >= 0.6 is 12.4 Å². The van der Waals surface area contributed by atoms with Gasteiger partial charge in [-0.3, -0.25) is 4.68 Å². The van der Waals surface area contributed by atoms with Crippen LogP contribution in [0.25, 0.3) is 11.0 Å². The Kier molecular flexibility index (Phi) is 5.03. The van der Waals surface area contributed by atoms with Gasteiger partial charge in [0.15, 0.2) is 5.65 Å². The number of rotatable bonds is 4. The van der Waals surface area contributed by atoms with Crippen molar-refractivity contribution in [2.75, 3.05) is 0 Å². The van der Waals surface area contributed by atoms with Crippen molar-refractivity contribution in [3.8, 4) is 0 Å². The first-order valence-electron chi connectivity index (χ1n) is 8.04. The number of halogens is 1. The Balaban J connectivity index is 0.00000196. The zero-order valence-electron chi connectivity index (χ0n) is 14.5. The van der Waals surface area contributed by atoms with Gasteiger partial charge in [0.25, 0.3) is 0 Å². The van der Waals surface area contributed by atoms with Gasteiger partial charge in [-0.15, -0.1) is 12.4 Å². The average molecular weight is 394 g/mol. The van der Waals surface area contributed by atoms with E-state index in [9.17, 15) is 8.42 Å². The molecule has 0 bridgehead atoms. The second kappa shape index (κ2) is 6.96. The molecule has 1 aromatic carbocycles. The van der Waals surface area contributed by atoms with Crippen molar-refractivity contribution < 1.29 is 8.42 Å². The number of sulfonamides is 1. The van der Waals surface area contributed by atoms with Gasteiger partial charge < -0.3 is 5.32 Å². The second-order valence-electron chi connectivity index (χ2n) is 6.28. The summed E-state index contributed by atoms with van der Waals surface area (Å²) in [5.74, 6) is 0. The van der Waals surface area contributed by atoms with Gasteiger partial charge in [0, 0.05) is 38.3 Å². The first-order valence-corrected chi connectivity index (χ1v) is 9.53. The summed E-state index contributed by atoms with van der Waals surface area (Å²) in [6.45, 7) is 3.79. The van der Waals surface area contributed by atoms with Crippen LogP contribution in [0.3, 0.4) is 0 Å². The Morgan fingerprint density at radius 2 is 2.00 bits per heavy atom. The van der Waals surface area contributed by atoms with E-state index in [2.05, 4.69) is 20.1 Å². The quantitative estimate of drug-likeness (QED) is 0.705. The molecule has 1 aliphatic rings. The Morgan fingerprint density at radius 1 is 1.23 bits per heavy atom. The van der Waals surface area contributed by atoms with Crippen LogP contribution in [0.4, 0.5) is 0 Å². The fourth-order valence-electron chi connectivity index (χ4n) is 3.16. The number of hydrogen-bond acceptors (Lipinski definition) is 5. The Labute approximate surface area is 158 Å². The van der Waals surface area contributed by atoms with E-state index < -0.39 is 10.0 Å². The molecule has 0 saturated heterocycles. The van der Waals surface area contributed by atoms with Crippen molar-refractivity contribution in [1.82, 2.24) is 24.8 Å². The third-order valence-corrected chi connectivity index (χ3v) is 5.88. The lowest BCUT2D eigenvalue weighted by Crippen LogP contribution is -2.23. The van der Waals surface area contributed by atoms with Crippen LogP contribution in [0.15, 0.2) is 35.4 Å². The van der Waals surface area contributed by atoms with Gasteiger partial charge in [0.2, 0.25) is 10.0 Å². The van der Waals surface area contributed by atoms with Crippen molar-refractivity contribution in [1.29, 1.82) is 0 Å². The predicted octanol–water partition coefficient (Wildman–Crippen LogP) is 1.78. The normalized spacial score (nSPS) is 13.6. The molecule has 0 atom stereocenters. The highest BCUT2D eigenvalue weighted by molar-refractivity contribution is 7.89. The van der Waals surface area contributed by atoms with E-state index in [0.717, 1.165) is 29.7 Å². The van der Waals surface area contributed by atoms with Gasteiger partial charge in [-0.25, -0.2) is 18.1 Å². The van der Waals surface area contributed by atoms with Gasteiger partial charge in [0.1, 0.15) is 4.90 Å². The molecule has 0 unspecified atom stereocenters. The summed E-state index contributed by atoms with van der Waals surface area (Å²) < 4.78 is 29.5. The van der Waals surface area contributed by atoms with Crippen molar-refractivity contribution in [2.24, 2.45) is 7.05 Å². The maximum atomic E-state index is 12.6. The highest BCUT2D eigenvalue weighted by atomic mass is 35.5. The fourth-order valence-corrected chi connectivity index (χ4v) is 4.14. The van der Waals surface area contributed by atoms with Crippen LogP contribution in [-0.4, -0.2) is 23.2 Å². The molecule has 138 valence electrons. The van der Waals surface area contributed by atoms with Crippen molar-refractivity contribution in [2.45, 2.75) is 31.5 Å². The summed E-state index contributed by atoms with van der Waals surface area (Å²) in [6.07, 6.45) is 1.37. The topological polar surface area (TPSA) is 88.9 Å². The van der Waals surface area contributed by atoms with Gasteiger partial charge >= 0.3 is 0 Å². The van der Waals surface area contributed by atoms with Crippen LogP contribution in [0.1, 0.15) is 22.4 Å². The standard InChI is InChI=1S/C17H19N5O2S.ClH/c1-11-16-6-15(10-19-17(16)22(2)21-11)25(23,24)20-7-12-3-4-13-8-18-9-14(13)5-12;/h3-6,10,18,20H,7-9H2,1-2H3;1H. The molecule has 2 N–H and O–H groups in total. The number of nitrogens with zero attached hydrogens (tertiary/aromatic N) is 3. The molecule has 0 saturated carbocycles. The van der Waals surface area contributed by atoms with E-state index in [1.807, 2.05) is 25.1 Å². The Hall–Kier alpha value is -2.00. The minimum absolute atomic E-state index is 0. The molecule has 3 heterocycles. The summed E-state index contributed by atoms with van der Waals surface area (Å²) in [7, 11) is -1.85. The number of nitrogens with one attached hydrogen (secondary N) is 2. The molecular weight excluding hydrogens is 374 g/mol. The first-order chi connectivity index (χ1) is 11.9. The molecule has 0 fully saturated rings. The SMILES string of the molecule is Cc1nn(C)c2ncc(S(=O)(=O)NCc3ccc4c(c3)CNC4)cc12.Cl. The fraction of sp³-hybridized carbons (Fsp3) is 0.294. The minimum Gasteiger partial charge on any atom is -0.309 e. The third kappa shape index (κ3) is 3.33. The predicted molar refractivity (Wildman–Crippen MR) is 102 cm³/mol. The summed E-state index contributed by atoms with van der Waals surface area (Å²) in [6, 6.07) is 7.68. The molecule has 3 aromatic rings. The highest BCUT2D eigenvalue weighted by Gasteiger charge is 2.18. The lowest BCUT2D eigenvalue weighted by atomic mass is 10.1. The number of aromatic nitrogens is 3. The van der Waals surface area contributed by atoms with Crippen LogP contribution in [0, 0.1) is 6.92 Å². The maximum absolute atomic E-state index is 12.6. The van der Waals surface area contributed by atoms with Crippen molar-refractivity contribution >= 4 is 33.5 Å². The molecule has 7 nitrogen and oxygen atoms in total. The van der Waals surface area contributed by atoms with Crippen LogP contribution in [0.2, 0.25) is 0 Å². The molecule has 1 aliphatic heterocycles. The van der Waals surface area contributed by atoms with E-state index in [4.69, 9.17) is 0 Å². The number of benzene rings is 1. The van der Waals surface area contributed by atoms with Crippen molar-refractivity contribution in [3.05, 3.63) is 52.8 Å². The third-order valence-electron chi connectivity index (χ3n) is 4.52. The van der Waals surface area contributed by atoms with E-state index in [-0.39, 0.29) is 23.8 Å². The smallest absolute Gasteiger partial charge is 0.242 e. The molecule has 0 radical (unpaired) electrons. The van der Waals surface area contributed by atoms with Gasteiger partial charge in [-0.1, -0.05) is 18.2 Å². The van der Waals surface area contributed by atoms with Gasteiger partial charge in [-0.2, -0.15) is 5.10 Å². The molecule has 4 rings (SSSR count). The summed E-state index contributed by atoms with van der Waals surface area (Å²) >= 11 is 0. The number of aryl methyl sites for hydroxylation is 2. The summed E-state index contributed by atoms with van der Waals surface area (Å²) in [4.78, 5) is 4.39. The molecule has 0 aliphatic carbocycles. The minimum atomic E-state index is -3.64. The van der Waals surface area contributed by atoms with Crippen molar-refractivity contribution in [3.63, 3.8) is 0 Å². The summed E-state index contributed by atoms with van der Waals surface area (Å²) in [5, 5.41) is 8.30. The molecular formula is C17H20ClN5O2S. The average Bonchev–Trinajstić information content (AvgIpc) is 3.17. The Bertz CT molecular complexity index is 1080. The monoisotopic (exact) mass is 393 g/mol. The van der Waals surface area contributed by atoms with E-state index >= 15 is 0 Å². The first kappa shape index (κ1) is 18.8. The molecule has 0 spiro atoms. The van der Waals surface area contributed by atoms with E-state index in [0.29, 0.717) is 5.65 Å². The number of fused-ring (bicyclic) bond motifs is 2. The van der Waals surface area contributed by atoms with E-state index in [1.165, 1.54) is 17.3 Å². The summed E-state index contributed by atoms with van der Waals surface area (Å²) in [5.41, 5.74) is 4.87. The zero-order chi connectivity index (χ0) is 17.6.